The molecule has 0 saturated carbocycles. The molecule has 4 atom stereocenters. The molecule has 124 valence electrons. The van der Waals surface area contributed by atoms with Gasteiger partial charge >= 0.3 is 0 Å². The molecule has 2 aliphatic rings. The Morgan fingerprint density at radius 2 is 1.19 bits per heavy atom. The molecule has 21 heavy (non-hydrogen) atoms. The smallest absolute Gasteiger partial charge is 0.157 e. The van der Waals surface area contributed by atoms with E-state index in [1.165, 1.54) is 0 Å². The monoisotopic (exact) mass is 338 g/mol. The lowest BCUT2D eigenvalue weighted by Crippen LogP contribution is -2.48. The summed E-state index contributed by atoms with van der Waals surface area (Å²) in [5, 5.41) is -1.69. The molecule has 0 aliphatic carbocycles. The van der Waals surface area contributed by atoms with E-state index >= 15 is 0 Å². The zero-order chi connectivity index (χ0) is 15.7. The maximum absolute atomic E-state index is 12.6. The van der Waals surface area contributed by atoms with Crippen LogP contribution in [0.15, 0.2) is 0 Å². The number of hydrogen-bond acceptors (Lipinski definition) is 5. The summed E-state index contributed by atoms with van der Waals surface area (Å²) in [4.78, 5) is 0. The molecule has 2 heterocycles. The van der Waals surface area contributed by atoms with Gasteiger partial charge in [-0.15, -0.1) is 0 Å². The van der Waals surface area contributed by atoms with Crippen molar-refractivity contribution in [3.63, 3.8) is 0 Å². The van der Waals surface area contributed by atoms with Crippen LogP contribution in [0.2, 0.25) is 0 Å². The van der Waals surface area contributed by atoms with E-state index in [1.54, 1.807) is 0 Å². The Morgan fingerprint density at radius 3 is 1.52 bits per heavy atom. The largest absolute Gasteiger partial charge is 0.372 e. The Bertz CT molecular complexity index is 502. The molecule has 0 N–H and O–H groups in total. The number of hydrogen-bond donors (Lipinski definition) is 0. The first-order valence-corrected chi connectivity index (χ1v) is 11.3. The maximum atomic E-state index is 12.6. The molecular weight excluding hydrogens is 312 g/mol. The molecule has 5 nitrogen and oxygen atoms in total. The SMILES string of the molecule is CCCCS(=O)(=O)[C@@H]1[C@@H](S(=O)(=O)CCCC)[C@H]2CC[C@@H]1O2. The maximum Gasteiger partial charge on any atom is 0.157 e. The van der Waals surface area contributed by atoms with Crippen LogP contribution in [-0.2, 0) is 24.4 Å². The predicted molar refractivity (Wildman–Crippen MR) is 82.9 cm³/mol. The summed E-state index contributed by atoms with van der Waals surface area (Å²) in [6.45, 7) is 3.87. The van der Waals surface area contributed by atoms with Crippen LogP contribution in [0.25, 0.3) is 0 Å². The van der Waals surface area contributed by atoms with Crippen molar-refractivity contribution >= 4 is 19.7 Å². The lowest BCUT2D eigenvalue weighted by Gasteiger charge is -2.27. The van der Waals surface area contributed by atoms with Crippen molar-refractivity contribution in [2.24, 2.45) is 0 Å². The van der Waals surface area contributed by atoms with Crippen molar-refractivity contribution in [2.75, 3.05) is 11.5 Å². The first-order valence-electron chi connectivity index (χ1n) is 7.92. The Hall–Kier alpha value is -0.140. The summed E-state index contributed by atoms with van der Waals surface area (Å²) in [7, 11) is -6.83. The minimum Gasteiger partial charge on any atom is -0.372 e. The van der Waals surface area contributed by atoms with E-state index in [2.05, 4.69) is 0 Å². The summed E-state index contributed by atoms with van der Waals surface area (Å²) in [5.74, 6) is 0.140. The van der Waals surface area contributed by atoms with Crippen molar-refractivity contribution in [1.82, 2.24) is 0 Å². The van der Waals surface area contributed by atoms with Gasteiger partial charge in [-0.1, -0.05) is 26.7 Å². The second-order valence-corrected chi connectivity index (χ2v) is 10.7. The first kappa shape index (κ1) is 17.2. The van der Waals surface area contributed by atoms with Crippen molar-refractivity contribution in [2.45, 2.75) is 75.1 Å². The molecule has 2 fully saturated rings. The van der Waals surface area contributed by atoms with E-state index < -0.39 is 42.4 Å². The van der Waals surface area contributed by atoms with Gasteiger partial charge in [0.15, 0.2) is 19.7 Å². The average molecular weight is 338 g/mol. The number of rotatable bonds is 8. The lowest BCUT2D eigenvalue weighted by atomic mass is 10.00. The lowest BCUT2D eigenvalue weighted by molar-refractivity contribution is 0.106. The summed E-state index contributed by atoms with van der Waals surface area (Å²) in [5.41, 5.74) is 0. The predicted octanol–water partition coefficient (Wildman–Crippen LogP) is 1.71. The van der Waals surface area contributed by atoms with Gasteiger partial charge in [-0.05, 0) is 25.7 Å². The minimum absolute atomic E-state index is 0.0700. The van der Waals surface area contributed by atoms with Crippen LogP contribution < -0.4 is 0 Å². The van der Waals surface area contributed by atoms with Crippen molar-refractivity contribution in [3.8, 4) is 0 Å². The van der Waals surface area contributed by atoms with Gasteiger partial charge in [0.2, 0.25) is 0 Å². The normalized spacial score (nSPS) is 32.7. The summed E-state index contributed by atoms with van der Waals surface area (Å²) in [6.07, 6.45) is 3.23. The summed E-state index contributed by atoms with van der Waals surface area (Å²) in [6, 6.07) is 0. The van der Waals surface area contributed by atoms with Gasteiger partial charge in [-0.3, -0.25) is 0 Å². The molecule has 0 aromatic carbocycles. The van der Waals surface area contributed by atoms with Gasteiger partial charge in [0.05, 0.1) is 23.7 Å². The van der Waals surface area contributed by atoms with Gasteiger partial charge in [-0.25, -0.2) is 16.8 Å². The Balaban J connectivity index is 2.26. The fourth-order valence-electron chi connectivity index (χ4n) is 3.43. The first-order chi connectivity index (χ1) is 9.83. The van der Waals surface area contributed by atoms with E-state index in [9.17, 15) is 16.8 Å². The van der Waals surface area contributed by atoms with Gasteiger partial charge in [0.25, 0.3) is 0 Å². The van der Waals surface area contributed by atoms with Crippen LogP contribution in [0.3, 0.4) is 0 Å². The average Bonchev–Trinajstić information content (AvgIpc) is 3.04. The van der Waals surface area contributed by atoms with Crippen molar-refractivity contribution in [3.05, 3.63) is 0 Å². The zero-order valence-corrected chi connectivity index (χ0v) is 14.5. The quantitative estimate of drug-likeness (QED) is 0.673. The van der Waals surface area contributed by atoms with E-state index in [1.807, 2.05) is 13.8 Å². The number of unbranched alkanes of at least 4 members (excludes halogenated alkanes) is 2. The second-order valence-electron chi connectivity index (χ2n) is 6.16. The van der Waals surface area contributed by atoms with Crippen molar-refractivity contribution < 1.29 is 21.6 Å². The fourth-order valence-corrected chi connectivity index (χ4v) is 8.87. The summed E-state index contributed by atoms with van der Waals surface area (Å²) >= 11 is 0. The molecular formula is C14H26O5S2. The number of fused-ring (bicyclic) bond motifs is 2. The van der Waals surface area contributed by atoms with Gasteiger partial charge in [0.1, 0.15) is 10.5 Å². The number of sulfone groups is 2. The second kappa shape index (κ2) is 6.54. The van der Waals surface area contributed by atoms with Crippen LogP contribution in [0.1, 0.15) is 52.4 Å². The molecule has 0 aromatic heterocycles. The van der Waals surface area contributed by atoms with E-state index in [0.717, 1.165) is 12.8 Å². The highest BCUT2D eigenvalue weighted by atomic mass is 32.2. The van der Waals surface area contributed by atoms with Crippen LogP contribution in [0.4, 0.5) is 0 Å². The highest BCUT2D eigenvalue weighted by molar-refractivity contribution is 7.96. The van der Waals surface area contributed by atoms with E-state index in [-0.39, 0.29) is 11.5 Å². The standard InChI is InChI=1S/C14H26O5S2/c1-3-5-9-20(15,16)13-11-7-8-12(19-11)14(13)21(17,18)10-6-4-2/h11-14H,3-10H2,1-2H3/t11-,12+,13-,14-/m0/s1. The van der Waals surface area contributed by atoms with Crippen LogP contribution in [0.5, 0.6) is 0 Å². The van der Waals surface area contributed by atoms with Crippen molar-refractivity contribution in [1.29, 1.82) is 0 Å². The van der Waals surface area contributed by atoms with Crippen LogP contribution >= 0.6 is 0 Å². The highest BCUT2D eigenvalue weighted by Crippen LogP contribution is 2.42. The molecule has 0 unspecified atom stereocenters. The van der Waals surface area contributed by atoms with Crippen LogP contribution in [-0.4, -0.2) is 51.0 Å². The molecule has 7 heteroatoms. The third-order valence-electron chi connectivity index (χ3n) is 4.54. The third-order valence-corrected chi connectivity index (χ3v) is 9.28. The van der Waals surface area contributed by atoms with E-state index in [4.69, 9.17) is 4.74 Å². The minimum atomic E-state index is -3.41. The summed E-state index contributed by atoms with van der Waals surface area (Å²) < 4.78 is 55.9. The zero-order valence-electron chi connectivity index (χ0n) is 12.8. The highest BCUT2D eigenvalue weighted by Gasteiger charge is 2.59. The molecule has 2 saturated heterocycles. The molecule has 0 radical (unpaired) electrons. The molecule has 0 amide bonds. The van der Waals surface area contributed by atoms with Gasteiger partial charge in [-0.2, -0.15) is 0 Å². The molecule has 2 aliphatic heterocycles. The molecule has 0 spiro atoms. The number of ether oxygens (including phenoxy) is 1. The van der Waals surface area contributed by atoms with E-state index in [0.29, 0.717) is 25.7 Å². The molecule has 0 aromatic rings. The Kier molecular flexibility index (Phi) is 5.36. The Morgan fingerprint density at radius 1 is 0.810 bits per heavy atom. The third kappa shape index (κ3) is 3.45. The fraction of sp³-hybridized carbons (Fsp3) is 1.00. The van der Waals surface area contributed by atoms with Gasteiger partial charge in [0, 0.05) is 0 Å². The van der Waals surface area contributed by atoms with Gasteiger partial charge < -0.3 is 4.74 Å². The molecule has 2 bridgehead atoms. The topological polar surface area (TPSA) is 77.5 Å². The molecule has 2 rings (SSSR count). The Labute approximate surface area is 128 Å². The van der Waals surface area contributed by atoms with Crippen LogP contribution in [0, 0.1) is 0 Å².